The molecule has 3 aromatic heterocycles. The van der Waals surface area contributed by atoms with Crippen LogP contribution < -0.4 is 14.4 Å². The van der Waals surface area contributed by atoms with Gasteiger partial charge in [-0.2, -0.15) is 0 Å². The van der Waals surface area contributed by atoms with Crippen LogP contribution in [-0.2, 0) is 0 Å². The molecule has 9 nitrogen and oxygen atoms in total. The first-order chi connectivity index (χ1) is 17.4. The highest BCUT2D eigenvalue weighted by atomic mass is 32.1. The Labute approximate surface area is 211 Å². The van der Waals surface area contributed by atoms with Crippen LogP contribution >= 0.6 is 11.3 Å². The van der Waals surface area contributed by atoms with Gasteiger partial charge in [0.1, 0.15) is 17.4 Å². The molecular formula is C26H23N5O4S. The van der Waals surface area contributed by atoms with E-state index in [1.807, 2.05) is 32.0 Å². The Morgan fingerprint density at radius 3 is 2.72 bits per heavy atom. The summed E-state index contributed by atoms with van der Waals surface area (Å²) in [6.07, 6.45) is 3.66. The average molecular weight is 502 g/mol. The lowest BCUT2D eigenvalue weighted by atomic mass is 10.1. The largest absolute Gasteiger partial charge is 0.492 e. The van der Waals surface area contributed by atoms with Crippen LogP contribution in [0.4, 0.5) is 10.5 Å². The SMILES string of the molecule is COc1cnc2c(-c3nc4c(C)cc(OCCN(C(=O)O)c5cccnc5)cc4s3)cc(C)cc2n1. The summed E-state index contributed by atoms with van der Waals surface area (Å²) in [6, 6.07) is 11.3. The molecule has 5 aromatic rings. The van der Waals surface area contributed by atoms with Crippen molar-refractivity contribution in [2.24, 2.45) is 0 Å². The topological polar surface area (TPSA) is 111 Å². The number of fused-ring (bicyclic) bond motifs is 2. The van der Waals surface area contributed by atoms with Gasteiger partial charge in [0.15, 0.2) is 0 Å². The Morgan fingerprint density at radius 2 is 1.97 bits per heavy atom. The van der Waals surface area contributed by atoms with Crippen molar-refractivity contribution >= 4 is 44.4 Å². The Morgan fingerprint density at radius 1 is 1.11 bits per heavy atom. The summed E-state index contributed by atoms with van der Waals surface area (Å²) in [7, 11) is 1.57. The minimum atomic E-state index is -1.06. The molecule has 182 valence electrons. The first-order valence-electron chi connectivity index (χ1n) is 11.2. The molecule has 0 atom stereocenters. The smallest absolute Gasteiger partial charge is 0.411 e. The van der Waals surface area contributed by atoms with E-state index < -0.39 is 6.09 Å². The van der Waals surface area contributed by atoms with Crippen molar-refractivity contribution in [3.05, 3.63) is 66.1 Å². The molecule has 0 radical (unpaired) electrons. The maximum atomic E-state index is 11.7. The third-order valence-corrected chi connectivity index (χ3v) is 6.68. The van der Waals surface area contributed by atoms with Crippen LogP contribution in [-0.4, -0.2) is 51.4 Å². The van der Waals surface area contributed by atoms with E-state index in [4.69, 9.17) is 14.5 Å². The van der Waals surface area contributed by atoms with Crippen LogP contribution in [0, 0.1) is 13.8 Å². The lowest BCUT2D eigenvalue weighted by Crippen LogP contribution is -2.33. The summed E-state index contributed by atoms with van der Waals surface area (Å²) >= 11 is 1.55. The molecule has 5 rings (SSSR count). The number of carboxylic acid groups (broad SMARTS) is 1. The second-order valence-electron chi connectivity index (χ2n) is 8.19. The molecule has 1 N–H and O–H groups in total. The number of aromatic nitrogens is 4. The van der Waals surface area contributed by atoms with Crippen LogP contribution in [0.15, 0.2) is 55.0 Å². The van der Waals surface area contributed by atoms with E-state index in [0.717, 1.165) is 42.9 Å². The molecule has 0 fully saturated rings. The molecule has 0 saturated carbocycles. The number of nitrogens with zero attached hydrogens (tertiary/aromatic N) is 5. The average Bonchev–Trinajstić information content (AvgIpc) is 3.30. The number of anilines is 1. The number of ether oxygens (including phenoxy) is 2. The number of amides is 1. The molecule has 2 aromatic carbocycles. The van der Waals surface area contributed by atoms with Crippen molar-refractivity contribution in [1.29, 1.82) is 0 Å². The van der Waals surface area contributed by atoms with E-state index in [9.17, 15) is 9.90 Å². The fourth-order valence-electron chi connectivity index (χ4n) is 3.98. The summed E-state index contributed by atoms with van der Waals surface area (Å²) in [6.45, 7) is 4.36. The Hall–Kier alpha value is -4.31. The number of carbonyl (C=O) groups is 1. The lowest BCUT2D eigenvalue weighted by molar-refractivity contribution is 0.199. The van der Waals surface area contributed by atoms with Crippen molar-refractivity contribution in [2.45, 2.75) is 13.8 Å². The molecule has 0 aliphatic carbocycles. The number of thiazole rings is 1. The number of benzene rings is 2. The standard InChI is InChI=1S/C26H23N5O4S/c1-15-9-19(24-20(10-15)29-22(34-3)14-28-24)25-30-23-16(2)11-18(12-21(23)36-25)35-8-7-31(26(32)33)17-5-4-6-27-13-17/h4-6,9-14H,7-8H2,1-3H3,(H,32,33). The third kappa shape index (κ3) is 4.63. The van der Waals surface area contributed by atoms with Gasteiger partial charge < -0.3 is 14.6 Å². The van der Waals surface area contributed by atoms with Gasteiger partial charge in [0, 0.05) is 11.8 Å². The first kappa shape index (κ1) is 23.4. The van der Waals surface area contributed by atoms with E-state index in [1.165, 1.54) is 11.1 Å². The second-order valence-corrected chi connectivity index (χ2v) is 9.22. The fraction of sp³-hybridized carbons (Fsp3) is 0.192. The van der Waals surface area contributed by atoms with Crippen molar-refractivity contribution in [3.8, 4) is 22.2 Å². The minimum absolute atomic E-state index is 0.170. The van der Waals surface area contributed by atoms with Crippen LogP contribution in [0.1, 0.15) is 11.1 Å². The van der Waals surface area contributed by atoms with Gasteiger partial charge in [0.05, 0.1) is 53.0 Å². The Kier molecular flexibility index (Phi) is 6.34. The van der Waals surface area contributed by atoms with Gasteiger partial charge in [0.2, 0.25) is 5.88 Å². The first-order valence-corrected chi connectivity index (χ1v) is 12.0. The molecule has 1 amide bonds. The molecule has 0 saturated heterocycles. The molecule has 0 bridgehead atoms. The number of aryl methyl sites for hydroxylation is 2. The second kappa shape index (κ2) is 9.74. The van der Waals surface area contributed by atoms with Gasteiger partial charge in [-0.25, -0.2) is 19.7 Å². The predicted molar refractivity (Wildman–Crippen MR) is 139 cm³/mol. The van der Waals surface area contributed by atoms with Crippen LogP contribution in [0.5, 0.6) is 11.6 Å². The molecule has 36 heavy (non-hydrogen) atoms. The summed E-state index contributed by atoms with van der Waals surface area (Å²) in [5.41, 5.74) is 5.84. The summed E-state index contributed by atoms with van der Waals surface area (Å²) in [5, 5.41) is 10.4. The van der Waals surface area contributed by atoms with Crippen LogP contribution in [0.3, 0.4) is 0 Å². The van der Waals surface area contributed by atoms with Gasteiger partial charge in [-0.15, -0.1) is 11.3 Å². The summed E-state index contributed by atoms with van der Waals surface area (Å²) < 4.78 is 12.1. The maximum absolute atomic E-state index is 11.7. The van der Waals surface area contributed by atoms with E-state index in [0.29, 0.717) is 17.3 Å². The zero-order valence-corrected chi connectivity index (χ0v) is 20.7. The van der Waals surface area contributed by atoms with E-state index >= 15 is 0 Å². The highest BCUT2D eigenvalue weighted by Gasteiger charge is 2.17. The highest BCUT2D eigenvalue weighted by Crippen LogP contribution is 2.37. The molecule has 0 aliphatic heterocycles. The number of pyridine rings is 1. The third-order valence-electron chi connectivity index (χ3n) is 5.64. The predicted octanol–water partition coefficient (Wildman–Crippen LogP) is 5.49. The van der Waals surface area contributed by atoms with Crippen LogP contribution in [0.25, 0.3) is 31.8 Å². The number of hydrogen-bond donors (Lipinski definition) is 1. The van der Waals surface area contributed by atoms with Gasteiger partial charge in [0.25, 0.3) is 0 Å². The number of methoxy groups -OCH3 is 1. The molecule has 3 heterocycles. The monoisotopic (exact) mass is 501 g/mol. The normalized spacial score (nSPS) is 11.1. The maximum Gasteiger partial charge on any atom is 0.411 e. The quantitative estimate of drug-likeness (QED) is 0.312. The van der Waals surface area contributed by atoms with Gasteiger partial charge >= 0.3 is 6.09 Å². The molecule has 10 heteroatoms. The minimum Gasteiger partial charge on any atom is -0.492 e. The molecule has 0 spiro atoms. The van der Waals surface area contributed by atoms with Crippen molar-refractivity contribution in [1.82, 2.24) is 19.9 Å². The Bertz CT molecular complexity index is 1570. The Balaban J connectivity index is 1.42. The lowest BCUT2D eigenvalue weighted by Gasteiger charge is -2.19. The summed E-state index contributed by atoms with van der Waals surface area (Å²) in [4.78, 5) is 30.9. The van der Waals surface area contributed by atoms with Gasteiger partial charge in [-0.1, -0.05) is 0 Å². The van der Waals surface area contributed by atoms with Crippen molar-refractivity contribution < 1.29 is 19.4 Å². The van der Waals surface area contributed by atoms with Crippen molar-refractivity contribution in [2.75, 3.05) is 25.2 Å². The summed E-state index contributed by atoms with van der Waals surface area (Å²) in [5.74, 6) is 1.12. The highest BCUT2D eigenvalue weighted by molar-refractivity contribution is 7.21. The van der Waals surface area contributed by atoms with Gasteiger partial charge in [-0.05, 0) is 61.4 Å². The number of rotatable bonds is 7. The van der Waals surface area contributed by atoms with Crippen LogP contribution in [0.2, 0.25) is 0 Å². The zero-order chi connectivity index (χ0) is 25.2. The van der Waals surface area contributed by atoms with E-state index in [2.05, 4.69) is 21.0 Å². The molecular weight excluding hydrogens is 478 g/mol. The molecule has 0 unspecified atom stereocenters. The fourth-order valence-corrected chi connectivity index (χ4v) is 5.07. The zero-order valence-electron chi connectivity index (χ0n) is 19.9. The number of hydrogen-bond acceptors (Lipinski definition) is 8. The van der Waals surface area contributed by atoms with Crippen molar-refractivity contribution in [3.63, 3.8) is 0 Å². The van der Waals surface area contributed by atoms with E-state index in [1.54, 1.807) is 43.0 Å². The van der Waals surface area contributed by atoms with Gasteiger partial charge in [-0.3, -0.25) is 9.88 Å². The molecule has 0 aliphatic rings. The van der Waals surface area contributed by atoms with E-state index in [-0.39, 0.29) is 13.2 Å².